The van der Waals surface area contributed by atoms with Gasteiger partial charge in [0.15, 0.2) is 0 Å². The van der Waals surface area contributed by atoms with E-state index in [0.29, 0.717) is 0 Å². The fourth-order valence-corrected chi connectivity index (χ4v) is 2.81. The van der Waals surface area contributed by atoms with Crippen LogP contribution >= 0.6 is 11.6 Å². The fraction of sp³-hybridized carbons (Fsp3) is 0.538. The zero-order valence-corrected chi connectivity index (χ0v) is 10.4. The van der Waals surface area contributed by atoms with Gasteiger partial charge in [-0.1, -0.05) is 23.7 Å². The van der Waals surface area contributed by atoms with Crippen LogP contribution in [0.1, 0.15) is 37.8 Å². The van der Waals surface area contributed by atoms with Gasteiger partial charge < -0.3 is 5.73 Å². The molecule has 0 atom stereocenters. The maximum atomic E-state index is 6.30. The molecule has 0 aliphatic heterocycles. The van der Waals surface area contributed by atoms with Crippen LogP contribution in [-0.4, -0.2) is 5.54 Å². The van der Waals surface area contributed by atoms with Crippen molar-refractivity contribution in [1.29, 1.82) is 0 Å². The minimum absolute atomic E-state index is 0.109. The van der Waals surface area contributed by atoms with Crippen LogP contribution in [0.4, 0.5) is 0 Å². The molecule has 0 unspecified atom stereocenters. The highest BCUT2D eigenvalue weighted by Gasteiger charge is 2.54. The molecule has 82 valence electrons. The van der Waals surface area contributed by atoms with Crippen molar-refractivity contribution in [2.75, 3.05) is 0 Å². The van der Waals surface area contributed by atoms with Crippen molar-refractivity contribution in [1.82, 2.24) is 0 Å². The molecule has 2 rings (SSSR count). The Morgan fingerprint density at radius 1 is 1.33 bits per heavy atom. The first-order chi connectivity index (χ1) is 6.87. The highest BCUT2D eigenvalue weighted by molar-refractivity contribution is 6.31. The summed E-state index contributed by atoms with van der Waals surface area (Å²) in [7, 11) is 0. The number of rotatable bonds is 2. The first-order valence-corrected chi connectivity index (χ1v) is 5.80. The average Bonchev–Trinajstić information content (AvgIpc) is 2.83. The molecule has 0 amide bonds. The van der Waals surface area contributed by atoms with Gasteiger partial charge in [0, 0.05) is 16.0 Å². The lowest BCUT2D eigenvalue weighted by Crippen LogP contribution is -2.45. The smallest absolute Gasteiger partial charge is 0.0446 e. The van der Waals surface area contributed by atoms with Gasteiger partial charge in [-0.3, -0.25) is 0 Å². The molecule has 0 spiro atoms. The van der Waals surface area contributed by atoms with E-state index in [9.17, 15) is 0 Å². The third-order valence-corrected chi connectivity index (χ3v) is 3.94. The topological polar surface area (TPSA) is 26.0 Å². The van der Waals surface area contributed by atoms with Crippen LogP contribution in [0.3, 0.4) is 0 Å². The van der Waals surface area contributed by atoms with Crippen molar-refractivity contribution < 1.29 is 0 Å². The molecule has 2 N–H and O–H groups in total. The third-order valence-electron chi connectivity index (χ3n) is 3.62. The Kier molecular flexibility index (Phi) is 2.36. The van der Waals surface area contributed by atoms with Crippen LogP contribution in [0.25, 0.3) is 0 Å². The summed E-state index contributed by atoms with van der Waals surface area (Å²) in [5.41, 5.74) is 8.60. The molecule has 1 nitrogen and oxygen atoms in total. The van der Waals surface area contributed by atoms with Crippen molar-refractivity contribution in [2.24, 2.45) is 5.73 Å². The minimum atomic E-state index is -0.189. The molecule has 1 saturated carbocycles. The molecule has 0 radical (unpaired) electrons. The van der Waals surface area contributed by atoms with Crippen molar-refractivity contribution in [3.63, 3.8) is 0 Å². The van der Waals surface area contributed by atoms with Crippen molar-refractivity contribution in [2.45, 2.75) is 44.6 Å². The second-order valence-electron chi connectivity index (χ2n) is 5.29. The first kappa shape index (κ1) is 11.0. The highest BCUT2D eigenvalue weighted by atomic mass is 35.5. The summed E-state index contributed by atoms with van der Waals surface area (Å²) in [5, 5.41) is 0.867. The Bertz CT molecular complexity index is 386. The summed E-state index contributed by atoms with van der Waals surface area (Å²) in [6.45, 7) is 6.25. The number of aryl methyl sites for hydroxylation is 1. The van der Waals surface area contributed by atoms with Crippen LogP contribution in [0.2, 0.25) is 5.02 Å². The lowest BCUT2D eigenvalue weighted by molar-refractivity contribution is 0.391. The molecule has 1 aliphatic rings. The van der Waals surface area contributed by atoms with Crippen LogP contribution in [0, 0.1) is 6.92 Å². The number of hydrogen-bond donors (Lipinski definition) is 1. The predicted octanol–water partition coefficient (Wildman–Crippen LogP) is 3.42. The Morgan fingerprint density at radius 3 is 2.33 bits per heavy atom. The molecule has 1 aliphatic carbocycles. The van der Waals surface area contributed by atoms with E-state index in [1.165, 1.54) is 11.1 Å². The molecule has 15 heavy (non-hydrogen) atoms. The second-order valence-corrected chi connectivity index (χ2v) is 5.69. The maximum absolute atomic E-state index is 6.30. The third kappa shape index (κ3) is 1.68. The predicted molar refractivity (Wildman–Crippen MR) is 65.4 cm³/mol. The summed E-state index contributed by atoms with van der Waals surface area (Å²) in [6.07, 6.45) is 2.30. The fourth-order valence-electron chi connectivity index (χ4n) is 2.39. The monoisotopic (exact) mass is 223 g/mol. The molecule has 1 fully saturated rings. The number of benzene rings is 1. The molecule has 2 heteroatoms. The van der Waals surface area contributed by atoms with Gasteiger partial charge in [-0.2, -0.15) is 0 Å². The average molecular weight is 224 g/mol. The Balaban J connectivity index is 2.47. The summed E-state index contributed by atoms with van der Waals surface area (Å²) >= 11 is 6.30. The number of nitrogens with two attached hydrogens (primary N) is 1. The minimum Gasteiger partial charge on any atom is -0.325 e. The molecular formula is C13H18ClN. The van der Waals surface area contributed by atoms with E-state index in [4.69, 9.17) is 17.3 Å². The summed E-state index contributed by atoms with van der Waals surface area (Å²) < 4.78 is 0. The van der Waals surface area contributed by atoms with Crippen molar-refractivity contribution >= 4 is 11.6 Å². The van der Waals surface area contributed by atoms with Crippen LogP contribution in [-0.2, 0) is 5.41 Å². The standard InChI is InChI=1S/C13H18ClN/c1-9-4-5-10(11(14)8-9)13(6-7-13)12(2,3)15/h4-5,8H,6-7,15H2,1-3H3. The van der Waals surface area contributed by atoms with Gasteiger partial charge in [0.05, 0.1) is 0 Å². The Hall–Kier alpha value is -0.530. The first-order valence-electron chi connectivity index (χ1n) is 5.42. The molecule has 1 aromatic carbocycles. The van der Waals surface area contributed by atoms with Gasteiger partial charge in [-0.15, -0.1) is 0 Å². The zero-order chi connectivity index (χ0) is 11.3. The van der Waals surface area contributed by atoms with Crippen LogP contribution < -0.4 is 5.73 Å². The van der Waals surface area contributed by atoms with E-state index in [0.717, 1.165) is 17.9 Å². The van der Waals surface area contributed by atoms with Gasteiger partial charge in [0.1, 0.15) is 0 Å². The van der Waals surface area contributed by atoms with Gasteiger partial charge in [-0.25, -0.2) is 0 Å². The lowest BCUT2D eigenvalue weighted by atomic mass is 9.79. The molecule has 1 aromatic rings. The van der Waals surface area contributed by atoms with E-state index < -0.39 is 0 Å². The van der Waals surface area contributed by atoms with Crippen molar-refractivity contribution in [3.8, 4) is 0 Å². The number of halogens is 1. The Labute approximate surface area is 96.6 Å². The van der Waals surface area contributed by atoms with E-state index >= 15 is 0 Å². The lowest BCUT2D eigenvalue weighted by Gasteiger charge is -2.32. The normalized spacial score (nSPS) is 19.0. The van der Waals surface area contributed by atoms with E-state index in [1.807, 2.05) is 6.07 Å². The second kappa shape index (κ2) is 3.23. The van der Waals surface area contributed by atoms with E-state index in [-0.39, 0.29) is 11.0 Å². The van der Waals surface area contributed by atoms with Crippen LogP contribution in [0.5, 0.6) is 0 Å². The Morgan fingerprint density at radius 2 is 1.93 bits per heavy atom. The van der Waals surface area contributed by atoms with Gasteiger partial charge >= 0.3 is 0 Å². The SMILES string of the molecule is Cc1ccc(C2(C(C)(C)N)CC2)c(Cl)c1. The van der Waals surface area contributed by atoms with Gasteiger partial charge in [0.2, 0.25) is 0 Å². The molecule has 0 bridgehead atoms. The maximum Gasteiger partial charge on any atom is 0.0446 e. The molecule has 0 aromatic heterocycles. The van der Waals surface area contributed by atoms with Gasteiger partial charge in [-0.05, 0) is 50.8 Å². The van der Waals surface area contributed by atoms with Crippen LogP contribution in [0.15, 0.2) is 18.2 Å². The largest absolute Gasteiger partial charge is 0.325 e. The van der Waals surface area contributed by atoms with Gasteiger partial charge in [0.25, 0.3) is 0 Å². The molecule has 0 heterocycles. The number of hydrogen-bond acceptors (Lipinski definition) is 1. The molecular weight excluding hydrogens is 206 g/mol. The van der Waals surface area contributed by atoms with E-state index in [2.05, 4.69) is 32.9 Å². The van der Waals surface area contributed by atoms with Crippen molar-refractivity contribution in [3.05, 3.63) is 34.3 Å². The highest BCUT2D eigenvalue weighted by Crippen LogP contribution is 2.56. The summed E-state index contributed by atoms with van der Waals surface area (Å²) in [4.78, 5) is 0. The van der Waals surface area contributed by atoms with E-state index in [1.54, 1.807) is 0 Å². The molecule has 0 saturated heterocycles. The summed E-state index contributed by atoms with van der Waals surface area (Å²) in [5.74, 6) is 0. The quantitative estimate of drug-likeness (QED) is 0.817. The summed E-state index contributed by atoms with van der Waals surface area (Å²) in [6, 6.07) is 6.29. The zero-order valence-electron chi connectivity index (χ0n) is 9.60.